The molecule has 0 bridgehead atoms. The van der Waals surface area contributed by atoms with Crippen LogP contribution in [-0.4, -0.2) is 58.3 Å². The Bertz CT molecular complexity index is 1540. The van der Waals surface area contributed by atoms with E-state index in [2.05, 4.69) is 4.98 Å². The van der Waals surface area contributed by atoms with Crippen LogP contribution in [0.2, 0.25) is 0 Å². The van der Waals surface area contributed by atoms with E-state index in [-0.39, 0.29) is 29.0 Å². The zero-order valence-corrected chi connectivity index (χ0v) is 20.1. The minimum atomic E-state index is -0.554. The van der Waals surface area contributed by atoms with Crippen molar-refractivity contribution in [3.05, 3.63) is 98.3 Å². The second-order valence-electron chi connectivity index (χ2n) is 8.61. The van der Waals surface area contributed by atoms with Gasteiger partial charge in [-0.2, -0.15) is 0 Å². The largest absolute Gasteiger partial charge is 0.497 e. The summed E-state index contributed by atoms with van der Waals surface area (Å²) in [5.74, 6) is 0.393. The van der Waals surface area contributed by atoms with Gasteiger partial charge in [-0.15, -0.1) is 0 Å². The van der Waals surface area contributed by atoms with Crippen molar-refractivity contribution >= 4 is 16.9 Å². The highest BCUT2D eigenvalue weighted by Crippen LogP contribution is 2.20. The molecule has 2 aromatic carbocycles. The van der Waals surface area contributed by atoms with Crippen LogP contribution in [-0.2, 0) is 11.3 Å². The van der Waals surface area contributed by atoms with Crippen molar-refractivity contribution < 1.29 is 14.3 Å². The van der Waals surface area contributed by atoms with Gasteiger partial charge in [0.1, 0.15) is 5.75 Å². The number of rotatable bonds is 5. The highest BCUT2D eigenvalue weighted by atomic mass is 16.5. The average molecular weight is 487 g/mol. The minimum Gasteiger partial charge on any atom is -0.497 e. The molecule has 36 heavy (non-hydrogen) atoms. The van der Waals surface area contributed by atoms with Crippen LogP contribution >= 0.6 is 0 Å². The summed E-state index contributed by atoms with van der Waals surface area (Å²) in [6.07, 6.45) is 0. The molecule has 1 amide bonds. The molecule has 5 rings (SSSR count). The predicted molar refractivity (Wildman–Crippen MR) is 135 cm³/mol. The summed E-state index contributed by atoms with van der Waals surface area (Å²) < 4.78 is 13.2. The number of aromatic nitrogens is 3. The Morgan fingerprint density at radius 2 is 1.72 bits per heavy atom. The van der Waals surface area contributed by atoms with Gasteiger partial charge >= 0.3 is 5.69 Å². The summed E-state index contributed by atoms with van der Waals surface area (Å²) in [7, 11) is 1.57. The zero-order chi connectivity index (χ0) is 25.2. The van der Waals surface area contributed by atoms with Gasteiger partial charge in [-0.25, -0.2) is 14.3 Å². The number of para-hydroxylation sites is 1. The standard InChI is InChI=1S/C27H26N4O5/c1-18-16-22(25(32)29-12-14-36-15-13-29)23-24(28-18)31(20-6-4-3-5-7-20)27(34)30(26(23)33)17-19-8-10-21(35-2)11-9-19/h3-11,16H,12-15,17H2,1-2H3. The van der Waals surface area contributed by atoms with Gasteiger partial charge in [-0.1, -0.05) is 30.3 Å². The van der Waals surface area contributed by atoms with Gasteiger partial charge in [0.05, 0.1) is 43.5 Å². The molecular weight excluding hydrogens is 460 g/mol. The molecule has 0 unspecified atom stereocenters. The van der Waals surface area contributed by atoms with Gasteiger partial charge < -0.3 is 14.4 Å². The van der Waals surface area contributed by atoms with E-state index in [9.17, 15) is 14.4 Å². The Morgan fingerprint density at radius 1 is 1.03 bits per heavy atom. The lowest BCUT2D eigenvalue weighted by atomic mass is 10.1. The van der Waals surface area contributed by atoms with E-state index in [0.29, 0.717) is 43.4 Å². The maximum absolute atomic E-state index is 13.9. The van der Waals surface area contributed by atoms with E-state index in [0.717, 1.165) is 10.1 Å². The normalized spacial score (nSPS) is 13.7. The Morgan fingerprint density at radius 3 is 2.39 bits per heavy atom. The van der Waals surface area contributed by atoms with Crippen LogP contribution < -0.4 is 16.0 Å². The molecule has 184 valence electrons. The third-order valence-electron chi connectivity index (χ3n) is 6.26. The molecule has 1 fully saturated rings. The second kappa shape index (κ2) is 9.79. The minimum absolute atomic E-state index is 0.0312. The second-order valence-corrected chi connectivity index (χ2v) is 8.61. The van der Waals surface area contributed by atoms with Gasteiger partial charge in [0.15, 0.2) is 5.65 Å². The summed E-state index contributed by atoms with van der Waals surface area (Å²) in [6, 6.07) is 17.8. The van der Waals surface area contributed by atoms with Crippen LogP contribution in [0.5, 0.6) is 5.75 Å². The quantitative estimate of drug-likeness (QED) is 0.430. The number of benzene rings is 2. The van der Waals surface area contributed by atoms with Crippen molar-refractivity contribution in [1.29, 1.82) is 0 Å². The first-order valence-electron chi connectivity index (χ1n) is 11.7. The van der Waals surface area contributed by atoms with Crippen molar-refractivity contribution in [2.24, 2.45) is 0 Å². The van der Waals surface area contributed by atoms with Gasteiger partial charge in [0.2, 0.25) is 0 Å². The van der Waals surface area contributed by atoms with Crippen LogP contribution in [0.3, 0.4) is 0 Å². The molecular formula is C27H26N4O5. The molecule has 0 aliphatic carbocycles. The molecule has 3 heterocycles. The Hall–Kier alpha value is -4.24. The van der Waals surface area contributed by atoms with E-state index < -0.39 is 11.2 Å². The Balaban J connectivity index is 1.78. The zero-order valence-electron chi connectivity index (χ0n) is 20.1. The fraction of sp³-hybridized carbons (Fsp3) is 0.259. The van der Waals surface area contributed by atoms with Gasteiger partial charge in [-0.3, -0.25) is 14.2 Å². The van der Waals surface area contributed by atoms with Crippen molar-refractivity contribution in [1.82, 2.24) is 19.0 Å². The number of hydrogen-bond acceptors (Lipinski definition) is 6. The van der Waals surface area contributed by atoms with Crippen LogP contribution in [0.4, 0.5) is 0 Å². The van der Waals surface area contributed by atoms with E-state index in [1.807, 2.05) is 18.2 Å². The van der Waals surface area contributed by atoms with E-state index in [1.54, 1.807) is 61.4 Å². The van der Waals surface area contributed by atoms with E-state index in [1.165, 1.54) is 4.57 Å². The van der Waals surface area contributed by atoms with Gasteiger partial charge in [0, 0.05) is 18.8 Å². The number of aryl methyl sites for hydroxylation is 1. The number of fused-ring (bicyclic) bond motifs is 1. The van der Waals surface area contributed by atoms with Crippen molar-refractivity contribution in [3.8, 4) is 11.4 Å². The van der Waals surface area contributed by atoms with Crippen LogP contribution in [0, 0.1) is 6.92 Å². The van der Waals surface area contributed by atoms with Gasteiger partial charge in [0.25, 0.3) is 11.5 Å². The number of methoxy groups -OCH3 is 1. The summed E-state index contributed by atoms with van der Waals surface area (Å²) >= 11 is 0. The molecule has 9 nitrogen and oxygen atoms in total. The maximum Gasteiger partial charge on any atom is 0.337 e. The molecule has 1 aliphatic heterocycles. The van der Waals surface area contributed by atoms with Crippen molar-refractivity contribution in [3.63, 3.8) is 0 Å². The van der Waals surface area contributed by atoms with E-state index in [4.69, 9.17) is 9.47 Å². The smallest absolute Gasteiger partial charge is 0.337 e. The highest BCUT2D eigenvalue weighted by molar-refractivity contribution is 6.05. The van der Waals surface area contributed by atoms with Crippen LogP contribution in [0.1, 0.15) is 21.6 Å². The fourth-order valence-corrected chi connectivity index (χ4v) is 4.43. The van der Waals surface area contributed by atoms with Crippen LogP contribution in [0.15, 0.2) is 70.3 Å². The maximum atomic E-state index is 13.9. The molecule has 9 heteroatoms. The monoisotopic (exact) mass is 486 g/mol. The molecule has 0 N–H and O–H groups in total. The first kappa shape index (κ1) is 23.5. The first-order valence-corrected chi connectivity index (χ1v) is 11.7. The summed E-state index contributed by atoms with van der Waals surface area (Å²) in [4.78, 5) is 47.5. The molecule has 0 spiro atoms. The number of ether oxygens (including phenoxy) is 2. The molecule has 0 atom stereocenters. The number of nitrogens with zero attached hydrogens (tertiary/aromatic N) is 4. The van der Waals surface area contributed by atoms with E-state index >= 15 is 0 Å². The first-order chi connectivity index (χ1) is 17.5. The number of hydrogen-bond donors (Lipinski definition) is 0. The number of carbonyl (C=O) groups excluding carboxylic acids is 1. The number of pyridine rings is 1. The highest BCUT2D eigenvalue weighted by Gasteiger charge is 2.26. The third kappa shape index (κ3) is 4.29. The van der Waals surface area contributed by atoms with Crippen LogP contribution in [0.25, 0.3) is 16.7 Å². The third-order valence-corrected chi connectivity index (χ3v) is 6.26. The van der Waals surface area contributed by atoms with Crippen molar-refractivity contribution in [2.45, 2.75) is 13.5 Å². The Kier molecular flexibility index (Phi) is 6.39. The summed E-state index contributed by atoms with van der Waals surface area (Å²) in [5, 5.41) is 0.119. The fourth-order valence-electron chi connectivity index (χ4n) is 4.43. The SMILES string of the molecule is COc1ccc(Cn2c(=O)c3c(C(=O)N4CCOCC4)cc(C)nc3n(-c3ccccc3)c2=O)cc1. The van der Waals surface area contributed by atoms with Gasteiger partial charge in [-0.05, 0) is 42.8 Å². The predicted octanol–water partition coefficient (Wildman–Crippen LogP) is 2.39. The van der Waals surface area contributed by atoms with Crippen molar-refractivity contribution in [2.75, 3.05) is 33.4 Å². The molecule has 2 aromatic heterocycles. The lowest BCUT2D eigenvalue weighted by Gasteiger charge is -2.27. The number of amides is 1. The lowest BCUT2D eigenvalue weighted by molar-refractivity contribution is 0.0304. The molecule has 0 saturated carbocycles. The summed E-state index contributed by atoms with van der Waals surface area (Å²) in [5.41, 5.74) is 1.15. The number of carbonyl (C=O) groups is 1. The summed E-state index contributed by atoms with van der Waals surface area (Å²) in [6.45, 7) is 3.51. The Labute approximate surface area is 207 Å². The molecule has 0 radical (unpaired) electrons. The number of morpholine rings is 1. The average Bonchev–Trinajstić information content (AvgIpc) is 2.91. The lowest BCUT2D eigenvalue weighted by Crippen LogP contribution is -2.43. The topological polar surface area (TPSA) is 95.7 Å². The molecule has 1 aliphatic rings. The molecule has 1 saturated heterocycles. The molecule has 4 aromatic rings.